The molecule has 3 rings (SSSR count). The number of anilines is 1. The fourth-order valence-corrected chi connectivity index (χ4v) is 3.11. The smallest absolute Gasteiger partial charge is 0.225 e. The number of likely N-dealkylation sites (tertiary alicyclic amines) is 1. The van der Waals surface area contributed by atoms with E-state index in [9.17, 15) is 0 Å². The number of rotatable bonds is 4. The van der Waals surface area contributed by atoms with Gasteiger partial charge in [0.15, 0.2) is 0 Å². The average Bonchev–Trinajstić information content (AvgIpc) is 2.88. The summed E-state index contributed by atoms with van der Waals surface area (Å²) in [5.74, 6) is 2.78. The van der Waals surface area contributed by atoms with E-state index in [1.807, 2.05) is 14.0 Å². The molecule has 0 amide bonds. The molecule has 2 aromatic rings. The van der Waals surface area contributed by atoms with E-state index in [4.69, 9.17) is 0 Å². The Morgan fingerprint density at radius 2 is 1.87 bits per heavy atom. The van der Waals surface area contributed by atoms with Gasteiger partial charge in [-0.25, -0.2) is 9.97 Å². The topological polar surface area (TPSA) is 63.0 Å². The molecule has 8 heteroatoms. The summed E-state index contributed by atoms with van der Waals surface area (Å²) in [7, 11) is 4.10. The van der Waals surface area contributed by atoms with Crippen molar-refractivity contribution < 1.29 is 0 Å². The lowest BCUT2D eigenvalue weighted by Crippen LogP contribution is -2.43. The third kappa shape index (κ3) is 3.69. The van der Waals surface area contributed by atoms with Crippen LogP contribution in [-0.2, 0) is 13.6 Å². The van der Waals surface area contributed by atoms with Gasteiger partial charge < -0.3 is 9.47 Å². The van der Waals surface area contributed by atoms with Crippen LogP contribution in [0.15, 0.2) is 16.9 Å². The first-order valence-corrected chi connectivity index (χ1v) is 8.61. The Kier molecular flexibility index (Phi) is 4.91. The molecule has 1 saturated heterocycles. The van der Waals surface area contributed by atoms with E-state index in [0.717, 1.165) is 54.5 Å². The fourth-order valence-electron chi connectivity index (χ4n) is 2.90. The van der Waals surface area contributed by atoms with Crippen molar-refractivity contribution in [3.05, 3.63) is 28.5 Å². The van der Waals surface area contributed by atoms with Gasteiger partial charge in [-0.1, -0.05) is 0 Å². The molecule has 1 aliphatic heterocycles. The molecule has 0 aromatic carbocycles. The maximum atomic E-state index is 4.39. The Labute approximate surface area is 144 Å². The molecule has 23 heavy (non-hydrogen) atoms. The first-order chi connectivity index (χ1) is 11.0. The zero-order valence-electron chi connectivity index (χ0n) is 13.8. The second-order valence-electron chi connectivity index (χ2n) is 6.04. The highest BCUT2D eigenvalue weighted by Crippen LogP contribution is 2.20. The van der Waals surface area contributed by atoms with E-state index in [1.165, 1.54) is 0 Å². The first-order valence-electron chi connectivity index (χ1n) is 7.82. The summed E-state index contributed by atoms with van der Waals surface area (Å²) in [6, 6.07) is 0.480. The van der Waals surface area contributed by atoms with Crippen LogP contribution in [0.1, 0.15) is 24.5 Å². The van der Waals surface area contributed by atoms with Crippen LogP contribution in [0.4, 0.5) is 5.95 Å². The molecule has 0 atom stereocenters. The second kappa shape index (κ2) is 6.92. The van der Waals surface area contributed by atoms with Crippen molar-refractivity contribution in [2.75, 3.05) is 25.0 Å². The van der Waals surface area contributed by atoms with E-state index in [2.05, 4.69) is 57.5 Å². The number of piperidine rings is 1. The molecule has 0 N–H and O–H groups in total. The Morgan fingerprint density at radius 3 is 2.43 bits per heavy atom. The zero-order chi connectivity index (χ0) is 16.4. The average molecular weight is 380 g/mol. The van der Waals surface area contributed by atoms with E-state index < -0.39 is 0 Å². The molecule has 1 fully saturated rings. The van der Waals surface area contributed by atoms with Crippen LogP contribution in [0.3, 0.4) is 0 Å². The van der Waals surface area contributed by atoms with Gasteiger partial charge in [0.05, 0.1) is 11.0 Å². The quantitative estimate of drug-likeness (QED) is 0.806. The molecule has 2 aromatic heterocycles. The van der Waals surface area contributed by atoms with E-state index in [-0.39, 0.29) is 0 Å². The molecule has 0 saturated carbocycles. The van der Waals surface area contributed by atoms with E-state index in [1.54, 1.807) is 12.4 Å². The predicted octanol–water partition coefficient (Wildman–Crippen LogP) is 1.78. The fraction of sp³-hybridized carbons (Fsp3) is 0.600. The van der Waals surface area contributed by atoms with Crippen molar-refractivity contribution in [1.82, 2.24) is 29.6 Å². The molecule has 0 unspecified atom stereocenters. The third-order valence-corrected chi connectivity index (χ3v) is 4.98. The SMILES string of the molecule is Cc1nnc(CN2CCC(N(C)c3ncc(Br)cn3)CC2)n1C. The maximum absolute atomic E-state index is 4.39. The summed E-state index contributed by atoms with van der Waals surface area (Å²) in [5, 5.41) is 8.39. The number of halogens is 1. The van der Waals surface area contributed by atoms with Gasteiger partial charge in [0.25, 0.3) is 0 Å². The van der Waals surface area contributed by atoms with Gasteiger partial charge in [0.2, 0.25) is 5.95 Å². The molecule has 1 aliphatic rings. The summed E-state index contributed by atoms with van der Waals surface area (Å²) < 4.78 is 2.97. The summed E-state index contributed by atoms with van der Waals surface area (Å²) in [6.45, 7) is 4.95. The molecule has 0 aliphatic carbocycles. The van der Waals surface area contributed by atoms with E-state index in [0.29, 0.717) is 6.04 Å². The van der Waals surface area contributed by atoms with Crippen molar-refractivity contribution in [3.8, 4) is 0 Å². The summed E-state index contributed by atoms with van der Waals surface area (Å²) in [5.41, 5.74) is 0. The van der Waals surface area contributed by atoms with Gasteiger partial charge in [-0.15, -0.1) is 10.2 Å². The molecule has 0 radical (unpaired) electrons. The van der Waals surface area contributed by atoms with Crippen molar-refractivity contribution in [1.29, 1.82) is 0 Å². The Morgan fingerprint density at radius 1 is 1.22 bits per heavy atom. The zero-order valence-corrected chi connectivity index (χ0v) is 15.4. The standard InChI is InChI=1S/C15H22BrN7/c1-11-19-20-14(21(11)2)10-23-6-4-13(5-7-23)22(3)15-17-8-12(16)9-18-15/h8-9,13H,4-7,10H2,1-3H3. The van der Waals surface area contributed by atoms with Crippen LogP contribution in [0.5, 0.6) is 0 Å². The Bertz CT molecular complexity index is 646. The lowest BCUT2D eigenvalue weighted by atomic mass is 10.0. The van der Waals surface area contributed by atoms with Crippen molar-refractivity contribution in [2.45, 2.75) is 32.4 Å². The normalized spacial score (nSPS) is 16.7. The number of aryl methyl sites for hydroxylation is 1. The highest BCUT2D eigenvalue weighted by atomic mass is 79.9. The van der Waals surface area contributed by atoms with Gasteiger partial charge in [-0.2, -0.15) is 0 Å². The number of nitrogens with zero attached hydrogens (tertiary/aromatic N) is 7. The molecular formula is C15H22BrN7. The van der Waals surface area contributed by atoms with Crippen LogP contribution in [0, 0.1) is 6.92 Å². The van der Waals surface area contributed by atoms with Gasteiger partial charge >= 0.3 is 0 Å². The van der Waals surface area contributed by atoms with E-state index >= 15 is 0 Å². The van der Waals surface area contributed by atoms with Crippen LogP contribution in [0.25, 0.3) is 0 Å². The molecule has 0 bridgehead atoms. The van der Waals surface area contributed by atoms with Gasteiger partial charge in [-0.3, -0.25) is 4.90 Å². The highest BCUT2D eigenvalue weighted by Gasteiger charge is 2.24. The van der Waals surface area contributed by atoms with Crippen molar-refractivity contribution in [2.24, 2.45) is 7.05 Å². The largest absolute Gasteiger partial charge is 0.341 e. The Balaban J connectivity index is 1.55. The van der Waals surface area contributed by atoms with Gasteiger partial charge in [0, 0.05) is 45.6 Å². The minimum absolute atomic E-state index is 0.480. The number of hydrogen-bond acceptors (Lipinski definition) is 6. The molecule has 124 valence electrons. The third-order valence-electron chi connectivity index (χ3n) is 4.57. The summed E-state index contributed by atoms with van der Waals surface area (Å²) in [4.78, 5) is 13.4. The van der Waals surface area contributed by atoms with Gasteiger partial charge in [-0.05, 0) is 35.7 Å². The van der Waals surface area contributed by atoms with Crippen molar-refractivity contribution in [3.63, 3.8) is 0 Å². The lowest BCUT2D eigenvalue weighted by molar-refractivity contribution is 0.196. The minimum Gasteiger partial charge on any atom is -0.341 e. The maximum Gasteiger partial charge on any atom is 0.225 e. The highest BCUT2D eigenvalue weighted by molar-refractivity contribution is 9.10. The van der Waals surface area contributed by atoms with Crippen LogP contribution < -0.4 is 4.90 Å². The molecule has 7 nitrogen and oxygen atoms in total. The summed E-state index contributed by atoms with van der Waals surface area (Å²) in [6.07, 6.45) is 5.80. The number of hydrogen-bond donors (Lipinski definition) is 0. The van der Waals surface area contributed by atoms with Crippen LogP contribution in [-0.4, -0.2) is 55.8 Å². The monoisotopic (exact) mass is 379 g/mol. The minimum atomic E-state index is 0.480. The summed E-state index contributed by atoms with van der Waals surface area (Å²) >= 11 is 3.37. The lowest BCUT2D eigenvalue weighted by Gasteiger charge is -2.36. The van der Waals surface area contributed by atoms with Crippen LogP contribution >= 0.6 is 15.9 Å². The molecule has 0 spiro atoms. The predicted molar refractivity (Wildman–Crippen MR) is 92.2 cm³/mol. The Hall–Kier alpha value is -1.54. The second-order valence-corrected chi connectivity index (χ2v) is 6.96. The molecule has 3 heterocycles. The van der Waals surface area contributed by atoms with Crippen molar-refractivity contribution >= 4 is 21.9 Å². The first kappa shape index (κ1) is 16.3. The van der Waals surface area contributed by atoms with Gasteiger partial charge in [0.1, 0.15) is 11.6 Å². The molecular weight excluding hydrogens is 358 g/mol. The number of aromatic nitrogens is 5. The van der Waals surface area contributed by atoms with Crippen LogP contribution in [0.2, 0.25) is 0 Å².